The molecule has 0 radical (unpaired) electrons. The molecule has 2 aromatic rings. The number of fused-ring (bicyclic) bond motifs is 2. The van der Waals surface area contributed by atoms with Crippen LogP contribution in [0.2, 0.25) is 0 Å². The number of hydrogen-bond donors (Lipinski definition) is 3. The van der Waals surface area contributed by atoms with Gasteiger partial charge in [-0.15, -0.1) is 0 Å². The molecule has 0 aromatic heterocycles. The summed E-state index contributed by atoms with van der Waals surface area (Å²) in [5, 5.41) is 8.78. The summed E-state index contributed by atoms with van der Waals surface area (Å²) in [6.07, 6.45) is 3.80. The van der Waals surface area contributed by atoms with E-state index in [2.05, 4.69) is 36.7 Å². The molecule has 200 valence electrons. The van der Waals surface area contributed by atoms with Crippen LogP contribution < -0.4 is 16.0 Å². The Kier molecular flexibility index (Phi) is 8.12. The molecule has 2 fully saturated rings. The van der Waals surface area contributed by atoms with Gasteiger partial charge in [-0.2, -0.15) is 0 Å². The molecule has 0 spiro atoms. The fourth-order valence-corrected chi connectivity index (χ4v) is 6.09. The van der Waals surface area contributed by atoms with Crippen molar-refractivity contribution in [3.8, 4) is 0 Å². The first-order valence-electron chi connectivity index (χ1n) is 13.5. The fourth-order valence-electron chi connectivity index (χ4n) is 6.09. The molecule has 37 heavy (non-hydrogen) atoms. The Morgan fingerprint density at radius 3 is 2.14 bits per heavy atom. The van der Waals surface area contributed by atoms with Crippen molar-refractivity contribution in [2.24, 2.45) is 16.7 Å². The Balaban J connectivity index is 1.33. The average molecular weight is 507 g/mol. The zero-order chi connectivity index (χ0) is 26.6. The Hall–Kier alpha value is -3.06. The maximum absolute atomic E-state index is 13.2. The number of rotatable bonds is 9. The highest BCUT2D eigenvalue weighted by Gasteiger charge is 2.61. The number of carbonyl (C=O) groups excluding carboxylic acids is 2. The minimum Gasteiger partial charge on any atom is -0.376 e. The largest absolute Gasteiger partial charge is 0.376 e. The molecule has 2 aromatic carbocycles. The van der Waals surface area contributed by atoms with Crippen LogP contribution in [0.15, 0.2) is 48.5 Å². The van der Waals surface area contributed by atoms with Gasteiger partial charge in [-0.1, -0.05) is 57.2 Å². The van der Waals surface area contributed by atoms with E-state index < -0.39 is 0 Å². The van der Waals surface area contributed by atoms with Crippen molar-refractivity contribution >= 4 is 23.4 Å². The van der Waals surface area contributed by atoms with Crippen molar-refractivity contribution in [2.45, 2.75) is 60.0 Å². The molecular formula is C30H42N4O3. The van der Waals surface area contributed by atoms with E-state index in [1.807, 2.05) is 62.4 Å². The second-order valence-corrected chi connectivity index (χ2v) is 11.4. The van der Waals surface area contributed by atoms with E-state index in [0.29, 0.717) is 32.2 Å². The summed E-state index contributed by atoms with van der Waals surface area (Å²) >= 11 is 0. The molecule has 2 aliphatic carbocycles. The Bertz CT molecular complexity index is 1120. The third-order valence-corrected chi connectivity index (χ3v) is 9.13. The van der Waals surface area contributed by atoms with Crippen LogP contribution in [0.3, 0.4) is 0 Å². The second kappa shape index (κ2) is 11.1. The zero-order valence-corrected chi connectivity index (χ0v) is 22.9. The summed E-state index contributed by atoms with van der Waals surface area (Å²) in [7, 11) is 0. The number of nitrogens with zero attached hydrogens (tertiary/aromatic N) is 1. The number of anilines is 2. The third kappa shape index (κ3) is 5.77. The standard InChI is InChI=1S/C30H42N4O3/c1-21-10-6-8-12-24(21)32-27(35)31-16-17-34(28(36)33-25-13-9-7-11-22(25)2)18-19-37-26-20-23-14-15-30(26,5)29(23,3)4/h6-13,23,26H,14-20H2,1-5H3,(H,33,36)(H2,31,32,35)/t23-,26-,30-/m1/s1. The first kappa shape index (κ1) is 27.0. The van der Waals surface area contributed by atoms with Crippen LogP contribution in [0.5, 0.6) is 0 Å². The van der Waals surface area contributed by atoms with Crippen molar-refractivity contribution in [3.05, 3.63) is 59.7 Å². The summed E-state index contributed by atoms with van der Waals surface area (Å²) in [5.41, 5.74) is 4.01. The van der Waals surface area contributed by atoms with Gasteiger partial charge in [0.05, 0.1) is 12.7 Å². The minimum atomic E-state index is -0.290. The SMILES string of the molecule is Cc1ccccc1NC(=O)NCCN(CCO[C@@H]1C[C@H]2CC[C@@]1(C)C2(C)C)C(=O)Nc1ccccc1C. The third-order valence-electron chi connectivity index (χ3n) is 9.13. The van der Waals surface area contributed by atoms with Crippen molar-refractivity contribution in [1.29, 1.82) is 0 Å². The molecule has 2 saturated carbocycles. The lowest BCUT2D eigenvalue weighted by Gasteiger charge is -2.39. The normalized spacial score (nSPS) is 23.5. The topological polar surface area (TPSA) is 82.7 Å². The Morgan fingerprint density at radius 2 is 1.57 bits per heavy atom. The van der Waals surface area contributed by atoms with Crippen molar-refractivity contribution in [1.82, 2.24) is 10.2 Å². The summed E-state index contributed by atoms with van der Waals surface area (Å²) in [4.78, 5) is 27.4. The van der Waals surface area contributed by atoms with E-state index in [0.717, 1.165) is 28.9 Å². The van der Waals surface area contributed by atoms with Crippen LogP contribution >= 0.6 is 0 Å². The molecular weight excluding hydrogens is 464 g/mol. The first-order valence-corrected chi connectivity index (χ1v) is 13.5. The molecule has 2 aliphatic rings. The maximum Gasteiger partial charge on any atom is 0.321 e. The molecule has 0 heterocycles. The van der Waals surface area contributed by atoms with Crippen LogP contribution in [0.25, 0.3) is 0 Å². The zero-order valence-electron chi connectivity index (χ0n) is 22.9. The number of ether oxygens (including phenoxy) is 1. The molecule has 3 atom stereocenters. The van der Waals surface area contributed by atoms with E-state index in [9.17, 15) is 9.59 Å². The van der Waals surface area contributed by atoms with Gasteiger partial charge in [0.2, 0.25) is 0 Å². The summed E-state index contributed by atoms with van der Waals surface area (Å²) in [5.74, 6) is 0.707. The molecule has 4 rings (SSSR count). The van der Waals surface area contributed by atoms with Gasteiger partial charge in [-0.3, -0.25) is 0 Å². The summed E-state index contributed by atoms with van der Waals surface area (Å²) in [6, 6.07) is 14.9. The monoisotopic (exact) mass is 506 g/mol. The summed E-state index contributed by atoms with van der Waals surface area (Å²) < 4.78 is 6.43. The van der Waals surface area contributed by atoms with Gasteiger partial charge in [-0.05, 0) is 73.1 Å². The van der Waals surface area contributed by atoms with Crippen LogP contribution in [0.4, 0.5) is 21.0 Å². The van der Waals surface area contributed by atoms with Gasteiger partial charge in [0.1, 0.15) is 0 Å². The highest BCUT2D eigenvalue weighted by Crippen LogP contribution is 2.66. The van der Waals surface area contributed by atoms with Crippen LogP contribution in [-0.2, 0) is 4.74 Å². The number of benzene rings is 2. The lowest BCUT2D eigenvalue weighted by Crippen LogP contribution is -2.44. The van der Waals surface area contributed by atoms with E-state index in [4.69, 9.17) is 4.74 Å². The summed E-state index contributed by atoms with van der Waals surface area (Å²) in [6.45, 7) is 12.7. The number of para-hydroxylation sites is 2. The van der Waals surface area contributed by atoms with E-state index >= 15 is 0 Å². The molecule has 4 amide bonds. The van der Waals surface area contributed by atoms with E-state index in [1.54, 1.807) is 4.90 Å². The van der Waals surface area contributed by atoms with Gasteiger partial charge in [0, 0.05) is 31.0 Å². The fraction of sp³-hybridized carbons (Fsp3) is 0.533. The van der Waals surface area contributed by atoms with Crippen LogP contribution in [0, 0.1) is 30.6 Å². The minimum absolute atomic E-state index is 0.182. The average Bonchev–Trinajstić information content (AvgIpc) is 3.19. The number of aryl methyl sites for hydroxylation is 2. The van der Waals surface area contributed by atoms with Crippen LogP contribution in [0.1, 0.15) is 51.2 Å². The van der Waals surface area contributed by atoms with Crippen LogP contribution in [-0.4, -0.2) is 49.3 Å². The molecule has 2 bridgehead atoms. The number of nitrogens with one attached hydrogen (secondary N) is 3. The molecule has 7 nitrogen and oxygen atoms in total. The van der Waals surface area contributed by atoms with Gasteiger partial charge >= 0.3 is 12.1 Å². The highest BCUT2D eigenvalue weighted by atomic mass is 16.5. The number of carbonyl (C=O) groups is 2. The number of urea groups is 2. The first-order chi connectivity index (χ1) is 17.6. The van der Waals surface area contributed by atoms with Gasteiger partial charge < -0.3 is 25.6 Å². The molecule has 0 saturated heterocycles. The molecule has 3 N–H and O–H groups in total. The van der Waals surface area contributed by atoms with E-state index in [-0.39, 0.29) is 29.0 Å². The Morgan fingerprint density at radius 1 is 0.946 bits per heavy atom. The predicted octanol–water partition coefficient (Wildman–Crippen LogP) is 6.19. The quantitative estimate of drug-likeness (QED) is 0.379. The second-order valence-electron chi connectivity index (χ2n) is 11.4. The van der Waals surface area contributed by atoms with Gasteiger partial charge in [-0.25, -0.2) is 9.59 Å². The van der Waals surface area contributed by atoms with Gasteiger partial charge in [0.15, 0.2) is 0 Å². The highest BCUT2D eigenvalue weighted by molar-refractivity contribution is 5.91. The smallest absolute Gasteiger partial charge is 0.321 e. The molecule has 0 aliphatic heterocycles. The molecule has 7 heteroatoms. The lowest BCUT2D eigenvalue weighted by atomic mass is 9.70. The Labute approximate surface area is 221 Å². The van der Waals surface area contributed by atoms with Crippen molar-refractivity contribution in [2.75, 3.05) is 36.9 Å². The number of amides is 4. The predicted molar refractivity (Wildman–Crippen MR) is 149 cm³/mol. The van der Waals surface area contributed by atoms with Gasteiger partial charge in [0.25, 0.3) is 0 Å². The number of hydrogen-bond acceptors (Lipinski definition) is 3. The van der Waals surface area contributed by atoms with E-state index in [1.165, 1.54) is 12.8 Å². The lowest BCUT2D eigenvalue weighted by molar-refractivity contribution is -0.0494. The molecule has 0 unspecified atom stereocenters. The maximum atomic E-state index is 13.2. The van der Waals surface area contributed by atoms with Crippen molar-refractivity contribution < 1.29 is 14.3 Å². The van der Waals surface area contributed by atoms with Crippen molar-refractivity contribution in [3.63, 3.8) is 0 Å².